The predicted octanol–water partition coefficient (Wildman–Crippen LogP) is 1.34. The highest BCUT2D eigenvalue weighted by atomic mass is 32.2. The molecule has 0 radical (unpaired) electrons. The molecule has 0 aliphatic rings. The number of rotatable bonds is 3. The van der Waals surface area contributed by atoms with Crippen LogP contribution in [0.5, 0.6) is 0 Å². The monoisotopic (exact) mass is 277 g/mol. The second-order valence-corrected chi connectivity index (χ2v) is 5.88. The van der Waals surface area contributed by atoms with E-state index in [0.717, 1.165) is 12.3 Å². The maximum absolute atomic E-state index is 12.2. The normalized spacial score (nSPS) is 14.4. The number of aromatic nitrogens is 1. The lowest BCUT2D eigenvalue weighted by molar-refractivity contribution is -0.141. The van der Waals surface area contributed by atoms with Gasteiger partial charge in [-0.15, -0.1) is 0 Å². The van der Waals surface area contributed by atoms with Gasteiger partial charge in [-0.05, 0) is 17.0 Å². The summed E-state index contributed by atoms with van der Waals surface area (Å²) < 4.78 is 50.4. The molecule has 0 fully saturated rings. The summed E-state index contributed by atoms with van der Waals surface area (Å²) in [5.41, 5.74) is -0.490. The summed E-state index contributed by atoms with van der Waals surface area (Å²) in [6, 6.07) is 2.12. The van der Waals surface area contributed by atoms with Crippen LogP contribution in [-0.2, 0) is 22.3 Å². The van der Waals surface area contributed by atoms with Crippen LogP contribution in [0.4, 0.5) is 13.2 Å². The van der Waals surface area contributed by atoms with Crippen LogP contribution in [0.25, 0.3) is 0 Å². The molecule has 0 aliphatic heterocycles. The molecule has 1 rings (SSSR count). The SMILES string of the molecule is CS(=O)(=CCc1ccc(C(F)(F)F)nc1)NC#N. The van der Waals surface area contributed by atoms with Crippen molar-refractivity contribution < 1.29 is 17.4 Å². The first-order valence-corrected chi connectivity index (χ1v) is 6.78. The van der Waals surface area contributed by atoms with Gasteiger partial charge in [0.15, 0.2) is 6.19 Å². The number of pyridine rings is 1. The maximum Gasteiger partial charge on any atom is 0.433 e. The summed E-state index contributed by atoms with van der Waals surface area (Å²) in [5, 5.41) is 9.66. The highest BCUT2D eigenvalue weighted by Crippen LogP contribution is 2.27. The summed E-state index contributed by atoms with van der Waals surface area (Å²) in [6.07, 6.45) is -0.358. The van der Waals surface area contributed by atoms with Crippen LogP contribution >= 0.6 is 0 Å². The third kappa shape index (κ3) is 4.25. The Balaban J connectivity index is 2.84. The van der Waals surface area contributed by atoms with Crippen molar-refractivity contribution in [2.24, 2.45) is 0 Å². The van der Waals surface area contributed by atoms with E-state index in [0.29, 0.717) is 5.56 Å². The zero-order chi connectivity index (χ0) is 13.8. The zero-order valence-corrected chi connectivity index (χ0v) is 10.2. The first-order valence-electron chi connectivity index (χ1n) is 4.75. The van der Waals surface area contributed by atoms with Crippen molar-refractivity contribution in [2.75, 3.05) is 6.26 Å². The molecule has 0 saturated carbocycles. The molecule has 0 saturated heterocycles. The Morgan fingerprint density at radius 3 is 2.67 bits per heavy atom. The number of nitrogens with zero attached hydrogens (tertiary/aromatic N) is 2. The van der Waals surface area contributed by atoms with Crippen molar-refractivity contribution in [1.29, 1.82) is 5.26 Å². The number of hydrogen-bond donors (Lipinski definition) is 1. The second kappa shape index (κ2) is 5.27. The lowest BCUT2D eigenvalue weighted by Crippen LogP contribution is -2.19. The Kier molecular flexibility index (Phi) is 4.19. The van der Waals surface area contributed by atoms with Gasteiger partial charge in [0.25, 0.3) is 0 Å². The highest BCUT2D eigenvalue weighted by molar-refractivity contribution is 7.99. The maximum atomic E-state index is 12.2. The van der Waals surface area contributed by atoms with Gasteiger partial charge in [0.1, 0.15) is 5.69 Å². The number of halogens is 3. The fourth-order valence-electron chi connectivity index (χ4n) is 1.10. The molecule has 4 nitrogen and oxygen atoms in total. The molecule has 1 unspecified atom stereocenters. The fourth-order valence-corrected chi connectivity index (χ4v) is 1.88. The summed E-state index contributed by atoms with van der Waals surface area (Å²) in [4.78, 5) is 3.27. The number of alkyl halides is 3. The minimum absolute atomic E-state index is 0.162. The van der Waals surface area contributed by atoms with Crippen LogP contribution in [-0.4, -0.2) is 20.8 Å². The minimum atomic E-state index is -4.47. The molecule has 0 aliphatic carbocycles. The first-order chi connectivity index (χ1) is 8.24. The van der Waals surface area contributed by atoms with E-state index in [1.165, 1.54) is 17.7 Å². The fraction of sp³-hybridized carbons (Fsp3) is 0.300. The second-order valence-electron chi connectivity index (χ2n) is 3.54. The topological polar surface area (TPSA) is 65.8 Å². The van der Waals surface area contributed by atoms with Crippen LogP contribution in [0.2, 0.25) is 0 Å². The van der Waals surface area contributed by atoms with Gasteiger partial charge in [-0.3, -0.25) is 4.98 Å². The Hall–Kier alpha value is -1.75. The van der Waals surface area contributed by atoms with E-state index in [-0.39, 0.29) is 6.42 Å². The highest BCUT2D eigenvalue weighted by Gasteiger charge is 2.31. The van der Waals surface area contributed by atoms with Crippen molar-refractivity contribution in [1.82, 2.24) is 9.71 Å². The Bertz CT molecular complexity index is 566. The molecule has 0 aromatic carbocycles. The van der Waals surface area contributed by atoms with Crippen molar-refractivity contribution >= 4 is 15.1 Å². The van der Waals surface area contributed by atoms with Gasteiger partial charge in [0.2, 0.25) is 0 Å². The standard InChI is InChI=1S/C10H10F3N3OS/c1-18(17,16-7-14)5-4-8-2-3-9(15-6-8)10(11,12)13/h2-3,5-6H,4H2,1H3,(H,16,17). The van der Waals surface area contributed by atoms with Gasteiger partial charge in [0, 0.05) is 18.9 Å². The van der Waals surface area contributed by atoms with Gasteiger partial charge in [0.05, 0.1) is 9.71 Å². The van der Waals surface area contributed by atoms with Gasteiger partial charge in [-0.2, -0.15) is 18.4 Å². The van der Waals surface area contributed by atoms with Crippen LogP contribution in [0, 0.1) is 11.5 Å². The molecular formula is C10H10F3N3OS. The van der Waals surface area contributed by atoms with E-state index in [4.69, 9.17) is 5.26 Å². The molecule has 0 spiro atoms. The number of nitrogens with one attached hydrogen (secondary N) is 1. The summed E-state index contributed by atoms with van der Waals surface area (Å²) in [5.74, 6) is 0. The van der Waals surface area contributed by atoms with E-state index < -0.39 is 21.6 Å². The summed E-state index contributed by atoms with van der Waals surface area (Å²) in [6.45, 7) is 0. The zero-order valence-electron chi connectivity index (χ0n) is 9.36. The quantitative estimate of drug-likeness (QED) is 0.515. The molecule has 0 amide bonds. The van der Waals surface area contributed by atoms with Crippen LogP contribution in [0.3, 0.4) is 0 Å². The molecule has 8 heteroatoms. The number of nitriles is 1. The van der Waals surface area contributed by atoms with E-state index in [1.807, 2.05) is 0 Å². The van der Waals surface area contributed by atoms with Gasteiger partial charge < -0.3 is 0 Å². The lowest BCUT2D eigenvalue weighted by atomic mass is 10.2. The molecule has 1 heterocycles. The van der Waals surface area contributed by atoms with E-state index >= 15 is 0 Å². The van der Waals surface area contributed by atoms with Crippen molar-refractivity contribution in [2.45, 2.75) is 12.6 Å². The Morgan fingerprint density at radius 2 is 2.22 bits per heavy atom. The van der Waals surface area contributed by atoms with E-state index in [2.05, 4.69) is 9.71 Å². The molecule has 0 bridgehead atoms. The van der Waals surface area contributed by atoms with Crippen LogP contribution in [0.15, 0.2) is 18.3 Å². The molecule has 1 N–H and O–H groups in total. The molecule has 1 aromatic heterocycles. The molecular weight excluding hydrogens is 267 g/mol. The lowest BCUT2D eigenvalue weighted by Gasteiger charge is -2.06. The van der Waals surface area contributed by atoms with Gasteiger partial charge in [-0.25, -0.2) is 8.93 Å². The number of hydrogen-bond acceptors (Lipinski definition) is 3. The van der Waals surface area contributed by atoms with Crippen molar-refractivity contribution in [3.63, 3.8) is 0 Å². The van der Waals surface area contributed by atoms with Crippen molar-refractivity contribution in [3.05, 3.63) is 29.6 Å². The van der Waals surface area contributed by atoms with E-state index in [9.17, 15) is 17.4 Å². The third-order valence-electron chi connectivity index (χ3n) is 2.00. The first kappa shape index (κ1) is 14.3. The molecule has 98 valence electrons. The Morgan fingerprint density at radius 1 is 1.56 bits per heavy atom. The van der Waals surface area contributed by atoms with Crippen molar-refractivity contribution in [3.8, 4) is 6.19 Å². The van der Waals surface area contributed by atoms with Crippen LogP contribution < -0.4 is 4.72 Å². The molecule has 18 heavy (non-hydrogen) atoms. The Labute approximate surface area is 103 Å². The average molecular weight is 277 g/mol. The molecule has 1 atom stereocenters. The minimum Gasteiger partial charge on any atom is -0.251 e. The largest absolute Gasteiger partial charge is 0.433 e. The predicted molar refractivity (Wildman–Crippen MR) is 61.8 cm³/mol. The third-order valence-corrected chi connectivity index (χ3v) is 3.30. The average Bonchev–Trinajstić information content (AvgIpc) is 2.26. The molecule has 1 aromatic rings. The van der Waals surface area contributed by atoms with E-state index in [1.54, 1.807) is 6.19 Å². The van der Waals surface area contributed by atoms with Crippen LogP contribution in [0.1, 0.15) is 11.3 Å². The smallest absolute Gasteiger partial charge is 0.251 e. The van der Waals surface area contributed by atoms with Gasteiger partial charge >= 0.3 is 6.18 Å². The van der Waals surface area contributed by atoms with Gasteiger partial charge in [-0.1, -0.05) is 6.07 Å². The summed E-state index contributed by atoms with van der Waals surface area (Å²) >= 11 is 0. The summed E-state index contributed by atoms with van der Waals surface area (Å²) in [7, 11) is -2.60.